The van der Waals surface area contributed by atoms with Gasteiger partial charge in [-0.25, -0.2) is 0 Å². The van der Waals surface area contributed by atoms with Crippen LogP contribution in [0.1, 0.15) is 25.8 Å². The predicted molar refractivity (Wildman–Crippen MR) is 77.8 cm³/mol. The number of alkyl halides is 3. The SMILES string of the molecule is CC1(C)CC1C(=O)NCC(O)COc1ccc(C(F)(F)F)cc1. The summed E-state index contributed by atoms with van der Waals surface area (Å²) in [4.78, 5) is 11.8. The highest BCUT2D eigenvalue weighted by Crippen LogP contribution is 2.51. The van der Waals surface area contributed by atoms with Gasteiger partial charge in [-0.1, -0.05) is 13.8 Å². The summed E-state index contributed by atoms with van der Waals surface area (Å²) in [5.74, 6) is 0.112. The Bertz CT molecular complexity index is 555. The number of hydrogen-bond donors (Lipinski definition) is 2. The van der Waals surface area contributed by atoms with Crippen molar-refractivity contribution in [2.24, 2.45) is 11.3 Å². The van der Waals surface area contributed by atoms with E-state index in [1.165, 1.54) is 12.1 Å². The lowest BCUT2D eigenvalue weighted by atomic mass is 10.1. The van der Waals surface area contributed by atoms with Crippen LogP contribution >= 0.6 is 0 Å². The Hall–Kier alpha value is -1.76. The van der Waals surface area contributed by atoms with Crippen LogP contribution in [0.15, 0.2) is 24.3 Å². The van der Waals surface area contributed by atoms with Gasteiger partial charge in [-0.2, -0.15) is 13.2 Å². The number of carbonyl (C=O) groups excluding carboxylic acids is 1. The van der Waals surface area contributed by atoms with Gasteiger partial charge in [0.2, 0.25) is 5.91 Å². The fraction of sp³-hybridized carbons (Fsp3) is 0.562. The van der Waals surface area contributed by atoms with Crippen LogP contribution in [0.25, 0.3) is 0 Å². The summed E-state index contributed by atoms with van der Waals surface area (Å²) in [5, 5.41) is 12.4. The largest absolute Gasteiger partial charge is 0.491 e. The van der Waals surface area contributed by atoms with Crippen LogP contribution in [0.3, 0.4) is 0 Å². The molecule has 4 nitrogen and oxygen atoms in total. The smallest absolute Gasteiger partial charge is 0.416 e. The molecule has 0 aliphatic heterocycles. The average molecular weight is 331 g/mol. The number of benzene rings is 1. The normalized spacial score (nSPS) is 20.7. The number of carbonyl (C=O) groups is 1. The molecule has 1 fully saturated rings. The van der Waals surface area contributed by atoms with E-state index in [1.54, 1.807) is 0 Å². The minimum absolute atomic E-state index is 0.0196. The topological polar surface area (TPSA) is 58.6 Å². The van der Waals surface area contributed by atoms with E-state index in [0.717, 1.165) is 18.6 Å². The van der Waals surface area contributed by atoms with E-state index in [4.69, 9.17) is 4.74 Å². The molecule has 0 spiro atoms. The minimum Gasteiger partial charge on any atom is -0.491 e. The number of nitrogens with one attached hydrogen (secondary N) is 1. The highest BCUT2D eigenvalue weighted by molar-refractivity contribution is 5.82. The lowest BCUT2D eigenvalue weighted by molar-refractivity contribution is -0.137. The summed E-state index contributed by atoms with van der Waals surface area (Å²) >= 11 is 0. The van der Waals surface area contributed by atoms with Gasteiger partial charge in [0.25, 0.3) is 0 Å². The van der Waals surface area contributed by atoms with Crippen molar-refractivity contribution in [3.05, 3.63) is 29.8 Å². The van der Waals surface area contributed by atoms with Gasteiger partial charge < -0.3 is 15.2 Å². The molecule has 0 heterocycles. The second-order valence-corrected chi connectivity index (χ2v) is 6.48. The molecule has 0 saturated heterocycles. The van der Waals surface area contributed by atoms with Crippen LogP contribution < -0.4 is 10.1 Å². The van der Waals surface area contributed by atoms with Gasteiger partial charge in [0.15, 0.2) is 0 Å². The van der Waals surface area contributed by atoms with Gasteiger partial charge >= 0.3 is 6.18 Å². The maximum absolute atomic E-state index is 12.4. The molecular formula is C16H20F3NO3. The Kier molecular flexibility index (Phi) is 4.89. The molecule has 2 atom stereocenters. The third-order valence-corrected chi connectivity index (χ3v) is 3.97. The minimum atomic E-state index is -4.39. The van der Waals surface area contributed by atoms with Crippen molar-refractivity contribution in [3.8, 4) is 5.75 Å². The molecule has 7 heteroatoms. The molecule has 128 valence electrons. The monoisotopic (exact) mass is 331 g/mol. The number of amides is 1. The zero-order valence-electron chi connectivity index (χ0n) is 13.0. The third-order valence-electron chi connectivity index (χ3n) is 3.97. The van der Waals surface area contributed by atoms with Crippen LogP contribution in [-0.2, 0) is 11.0 Å². The van der Waals surface area contributed by atoms with Crippen molar-refractivity contribution >= 4 is 5.91 Å². The molecule has 2 unspecified atom stereocenters. The number of ether oxygens (including phenoxy) is 1. The Balaban J connectivity index is 1.72. The molecule has 23 heavy (non-hydrogen) atoms. The fourth-order valence-corrected chi connectivity index (χ4v) is 2.25. The van der Waals surface area contributed by atoms with Gasteiger partial charge in [-0.3, -0.25) is 4.79 Å². The molecule has 1 aliphatic carbocycles. The first kappa shape index (κ1) is 17.6. The molecule has 1 aromatic rings. The number of rotatable bonds is 6. The van der Waals surface area contributed by atoms with Crippen molar-refractivity contribution in [3.63, 3.8) is 0 Å². The molecular weight excluding hydrogens is 311 g/mol. The standard InChI is InChI=1S/C16H20F3NO3/c1-15(2)7-13(15)14(22)20-8-11(21)9-23-12-5-3-10(4-6-12)16(17,18)19/h3-6,11,13,21H,7-9H2,1-2H3,(H,20,22). The molecule has 1 amide bonds. The van der Waals surface area contributed by atoms with Crippen LogP contribution in [-0.4, -0.2) is 30.3 Å². The highest BCUT2D eigenvalue weighted by Gasteiger charge is 2.50. The van der Waals surface area contributed by atoms with Crippen molar-refractivity contribution < 1.29 is 27.8 Å². The van der Waals surface area contributed by atoms with E-state index in [-0.39, 0.29) is 36.1 Å². The van der Waals surface area contributed by atoms with E-state index in [9.17, 15) is 23.1 Å². The average Bonchev–Trinajstić information content (AvgIpc) is 3.11. The molecule has 1 aromatic carbocycles. The fourth-order valence-electron chi connectivity index (χ4n) is 2.25. The van der Waals surface area contributed by atoms with Crippen LogP contribution in [0.2, 0.25) is 0 Å². The Labute approximate surface area is 132 Å². The molecule has 2 N–H and O–H groups in total. The van der Waals surface area contributed by atoms with Gasteiger partial charge in [0.1, 0.15) is 18.5 Å². The summed E-state index contributed by atoms with van der Waals surface area (Å²) in [7, 11) is 0. The lowest BCUT2D eigenvalue weighted by Crippen LogP contribution is -2.36. The molecule has 1 saturated carbocycles. The van der Waals surface area contributed by atoms with Crippen LogP contribution in [0, 0.1) is 11.3 Å². The summed E-state index contributed by atoms with van der Waals surface area (Å²) in [6.07, 6.45) is -4.49. The molecule has 0 radical (unpaired) electrons. The van der Waals surface area contributed by atoms with E-state index >= 15 is 0 Å². The van der Waals surface area contributed by atoms with Crippen molar-refractivity contribution in [2.45, 2.75) is 32.5 Å². The Morgan fingerprint density at radius 1 is 1.39 bits per heavy atom. The maximum atomic E-state index is 12.4. The van der Waals surface area contributed by atoms with Crippen molar-refractivity contribution in [1.29, 1.82) is 0 Å². The molecule has 2 rings (SSSR count). The Morgan fingerprint density at radius 3 is 2.43 bits per heavy atom. The lowest BCUT2D eigenvalue weighted by Gasteiger charge is -2.14. The number of aliphatic hydroxyl groups excluding tert-OH is 1. The summed E-state index contributed by atoms with van der Waals surface area (Å²) < 4.78 is 42.5. The zero-order valence-corrected chi connectivity index (χ0v) is 13.0. The van der Waals surface area contributed by atoms with Crippen molar-refractivity contribution in [2.75, 3.05) is 13.2 Å². The Morgan fingerprint density at radius 2 is 1.96 bits per heavy atom. The van der Waals surface area contributed by atoms with Gasteiger partial charge in [-0.05, 0) is 36.1 Å². The van der Waals surface area contributed by atoms with Crippen molar-refractivity contribution in [1.82, 2.24) is 5.32 Å². The predicted octanol–water partition coefficient (Wildman–Crippen LogP) is 2.61. The first-order valence-electron chi connectivity index (χ1n) is 7.35. The van der Waals surface area contributed by atoms with E-state index in [1.807, 2.05) is 13.8 Å². The van der Waals surface area contributed by atoms with E-state index in [0.29, 0.717) is 0 Å². The maximum Gasteiger partial charge on any atom is 0.416 e. The molecule has 0 bridgehead atoms. The van der Waals surface area contributed by atoms with Crippen LogP contribution in [0.5, 0.6) is 5.75 Å². The zero-order chi connectivity index (χ0) is 17.3. The summed E-state index contributed by atoms with van der Waals surface area (Å²) in [5.41, 5.74) is -0.740. The third kappa shape index (κ3) is 4.86. The van der Waals surface area contributed by atoms with Gasteiger partial charge in [0.05, 0.1) is 5.56 Å². The number of halogens is 3. The number of aliphatic hydroxyl groups is 1. The quantitative estimate of drug-likeness (QED) is 0.842. The summed E-state index contributed by atoms with van der Waals surface area (Å²) in [6.45, 7) is 3.94. The van der Waals surface area contributed by atoms with E-state index < -0.39 is 17.8 Å². The summed E-state index contributed by atoms with van der Waals surface area (Å²) in [6, 6.07) is 4.22. The first-order chi connectivity index (χ1) is 10.6. The van der Waals surface area contributed by atoms with Gasteiger partial charge in [0, 0.05) is 12.5 Å². The molecule has 1 aliphatic rings. The highest BCUT2D eigenvalue weighted by atomic mass is 19.4. The van der Waals surface area contributed by atoms with Crippen LogP contribution in [0.4, 0.5) is 13.2 Å². The van der Waals surface area contributed by atoms with Gasteiger partial charge in [-0.15, -0.1) is 0 Å². The first-order valence-corrected chi connectivity index (χ1v) is 7.35. The second kappa shape index (κ2) is 6.39. The molecule has 0 aromatic heterocycles. The number of hydrogen-bond acceptors (Lipinski definition) is 3. The second-order valence-electron chi connectivity index (χ2n) is 6.48. The van der Waals surface area contributed by atoms with E-state index in [2.05, 4.69) is 5.32 Å².